The normalized spacial score (nSPS) is 18.5. The average molecular weight is 438 g/mol. The number of aromatic nitrogens is 1. The molecule has 1 unspecified atom stereocenters. The highest BCUT2D eigenvalue weighted by atomic mass is 127. The fraction of sp³-hybridized carbons (Fsp3) is 0.733. The van der Waals surface area contributed by atoms with Crippen LogP contribution in [-0.4, -0.2) is 49.2 Å². The molecular formula is C15H27IN4OS. The van der Waals surface area contributed by atoms with Crippen LogP contribution >= 0.6 is 35.3 Å². The van der Waals surface area contributed by atoms with Gasteiger partial charge in [-0.2, -0.15) is 0 Å². The lowest BCUT2D eigenvalue weighted by Crippen LogP contribution is -2.40. The van der Waals surface area contributed by atoms with Crippen molar-refractivity contribution >= 4 is 41.3 Å². The van der Waals surface area contributed by atoms with E-state index in [9.17, 15) is 0 Å². The summed E-state index contributed by atoms with van der Waals surface area (Å²) in [4.78, 5) is 12.9. The number of rotatable bonds is 5. The van der Waals surface area contributed by atoms with Crippen LogP contribution in [0.3, 0.4) is 0 Å². The van der Waals surface area contributed by atoms with E-state index in [-0.39, 0.29) is 24.0 Å². The van der Waals surface area contributed by atoms with Gasteiger partial charge in [-0.3, -0.25) is 0 Å². The Kier molecular flexibility index (Phi) is 8.63. The summed E-state index contributed by atoms with van der Waals surface area (Å²) < 4.78 is 5.27. The SMILES string of the molecule is CCNC(=NCc1sc(C)nc1C)N1CCC(COC)C1.I. The van der Waals surface area contributed by atoms with Gasteiger partial charge in [-0.15, -0.1) is 35.3 Å². The van der Waals surface area contributed by atoms with Crippen LogP contribution in [0.4, 0.5) is 0 Å². The van der Waals surface area contributed by atoms with Crippen molar-refractivity contribution in [3.05, 3.63) is 15.6 Å². The molecule has 0 amide bonds. The molecule has 1 aromatic heterocycles. The summed E-state index contributed by atoms with van der Waals surface area (Å²) in [6.45, 7) is 10.7. The van der Waals surface area contributed by atoms with Gasteiger partial charge in [-0.25, -0.2) is 9.98 Å². The molecule has 1 aromatic rings. The van der Waals surface area contributed by atoms with Crippen LogP contribution in [0.1, 0.15) is 28.9 Å². The third-order valence-electron chi connectivity index (χ3n) is 3.69. The molecular weight excluding hydrogens is 411 g/mol. The molecule has 1 saturated heterocycles. The Morgan fingerprint density at radius 1 is 1.50 bits per heavy atom. The number of hydrogen-bond acceptors (Lipinski definition) is 4. The number of methoxy groups -OCH3 is 1. The third kappa shape index (κ3) is 5.34. The number of aryl methyl sites for hydroxylation is 2. The molecule has 0 saturated carbocycles. The van der Waals surface area contributed by atoms with Crippen molar-refractivity contribution in [2.75, 3.05) is 33.4 Å². The molecule has 1 N–H and O–H groups in total. The number of nitrogens with zero attached hydrogens (tertiary/aromatic N) is 3. The quantitative estimate of drug-likeness (QED) is 0.437. The topological polar surface area (TPSA) is 49.8 Å². The van der Waals surface area contributed by atoms with Gasteiger partial charge in [0.2, 0.25) is 0 Å². The predicted molar refractivity (Wildman–Crippen MR) is 103 cm³/mol. The minimum absolute atomic E-state index is 0. The Balaban J connectivity index is 0.00000242. The first-order chi connectivity index (χ1) is 10.1. The minimum Gasteiger partial charge on any atom is -0.384 e. The van der Waals surface area contributed by atoms with Gasteiger partial charge in [0.05, 0.1) is 23.9 Å². The van der Waals surface area contributed by atoms with Crippen LogP contribution in [0.15, 0.2) is 4.99 Å². The number of aliphatic imine (C=N–C) groups is 1. The maximum Gasteiger partial charge on any atom is 0.194 e. The van der Waals surface area contributed by atoms with E-state index >= 15 is 0 Å². The number of guanidine groups is 1. The summed E-state index contributed by atoms with van der Waals surface area (Å²) in [6.07, 6.45) is 1.18. The van der Waals surface area contributed by atoms with E-state index < -0.39 is 0 Å². The fourth-order valence-corrected chi connectivity index (χ4v) is 3.55. The summed E-state index contributed by atoms with van der Waals surface area (Å²) in [5.74, 6) is 1.63. The number of likely N-dealkylation sites (tertiary alicyclic amines) is 1. The van der Waals surface area contributed by atoms with Crippen molar-refractivity contribution in [1.82, 2.24) is 15.2 Å². The number of halogens is 1. The van der Waals surface area contributed by atoms with E-state index in [2.05, 4.69) is 29.0 Å². The summed E-state index contributed by atoms with van der Waals surface area (Å²) in [6, 6.07) is 0. The Morgan fingerprint density at radius 2 is 2.27 bits per heavy atom. The predicted octanol–water partition coefficient (Wildman–Crippen LogP) is 2.81. The Hall–Kier alpha value is -0.410. The lowest BCUT2D eigenvalue weighted by Gasteiger charge is -2.21. The van der Waals surface area contributed by atoms with Crippen molar-refractivity contribution in [2.45, 2.75) is 33.7 Å². The van der Waals surface area contributed by atoms with E-state index in [1.807, 2.05) is 6.92 Å². The second-order valence-corrected chi connectivity index (χ2v) is 6.76. The van der Waals surface area contributed by atoms with Gasteiger partial charge in [0.1, 0.15) is 0 Å². The molecule has 0 aromatic carbocycles. The van der Waals surface area contributed by atoms with E-state index in [1.54, 1.807) is 18.4 Å². The summed E-state index contributed by atoms with van der Waals surface area (Å²) in [5, 5.41) is 4.52. The maximum atomic E-state index is 5.27. The minimum atomic E-state index is 0. The van der Waals surface area contributed by atoms with Crippen LogP contribution in [0.5, 0.6) is 0 Å². The van der Waals surface area contributed by atoms with E-state index in [4.69, 9.17) is 9.73 Å². The first-order valence-electron chi connectivity index (χ1n) is 7.59. The molecule has 1 aliphatic rings. The standard InChI is InChI=1S/C15H26N4OS.HI/c1-5-16-15(19-7-6-13(9-19)10-20-4)17-8-14-11(2)18-12(3)21-14;/h13H,5-10H2,1-4H3,(H,16,17);1H. The molecule has 0 bridgehead atoms. The highest BCUT2D eigenvalue weighted by Crippen LogP contribution is 2.19. The van der Waals surface area contributed by atoms with E-state index in [0.29, 0.717) is 12.5 Å². The molecule has 1 aliphatic heterocycles. The maximum absolute atomic E-state index is 5.27. The zero-order valence-corrected chi connectivity index (χ0v) is 17.0. The molecule has 0 radical (unpaired) electrons. The number of hydrogen-bond donors (Lipinski definition) is 1. The number of thiazole rings is 1. The van der Waals surface area contributed by atoms with Gasteiger partial charge in [0.15, 0.2) is 5.96 Å². The molecule has 5 nitrogen and oxygen atoms in total. The Bertz CT molecular complexity index is 492. The lowest BCUT2D eigenvalue weighted by atomic mass is 10.1. The first-order valence-corrected chi connectivity index (χ1v) is 8.40. The zero-order valence-electron chi connectivity index (χ0n) is 13.9. The third-order valence-corrected chi connectivity index (χ3v) is 4.75. The highest BCUT2D eigenvalue weighted by Gasteiger charge is 2.24. The average Bonchev–Trinajstić information content (AvgIpc) is 3.02. The lowest BCUT2D eigenvalue weighted by molar-refractivity contribution is 0.157. The monoisotopic (exact) mass is 438 g/mol. The smallest absolute Gasteiger partial charge is 0.194 e. The Morgan fingerprint density at radius 3 is 2.86 bits per heavy atom. The van der Waals surface area contributed by atoms with Crippen LogP contribution < -0.4 is 5.32 Å². The zero-order chi connectivity index (χ0) is 15.2. The van der Waals surface area contributed by atoms with Gasteiger partial charge in [-0.05, 0) is 27.2 Å². The Labute approximate surface area is 154 Å². The summed E-state index contributed by atoms with van der Waals surface area (Å²) >= 11 is 1.74. The van der Waals surface area contributed by atoms with Gasteiger partial charge in [0, 0.05) is 37.5 Å². The molecule has 7 heteroatoms. The molecule has 2 heterocycles. The first kappa shape index (κ1) is 19.6. The van der Waals surface area contributed by atoms with Crippen molar-refractivity contribution in [1.29, 1.82) is 0 Å². The van der Waals surface area contributed by atoms with Crippen LogP contribution in [0.25, 0.3) is 0 Å². The molecule has 2 rings (SSSR count). The molecule has 22 heavy (non-hydrogen) atoms. The van der Waals surface area contributed by atoms with E-state index in [0.717, 1.165) is 42.9 Å². The van der Waals surface area contributed by atoms with Crippen molar-refractivity contribution in [2.24, 2.45) is 10.9 Å². The van der Waals surface area contributed by atoms with Gasteiger partial charge >= 0.3 is 0 Å². The van der Waals surface area contributed by atoms with Gasteiger partial charge < -0.3 is 15.0 Å². The highest BCUT2D eigenvalue weighted by molar-refractivity contribution is 14.0. The van der Waals surface area contributed by atoms with Crippen molar-refractivity contribution < 1.29 is 4.74 Å². The largest absolute Gasteiger partial charge is 0.384 e. The fourth-order valence-electron chi connectivity index (χ4n) is 2.69. The second kappa shape index (κ2) is 9.67. The van der Waals surface area contributed by atoms with Gasteiger partial charge in [-0.1, -0.05) is 0 Å². The number of ether oxygens (including phenoxy) is 1. The molecule has 1 fully saturated rings. The van der Waals surface area contributed by atoms with Crippen LogP contribution in [0, 0.1) is 19.8 Å². The van der Waals surface area contributed by atoms with Crippen molar-refractivity contribution in [3.8, 4) is 0 Å². The molecule has 0 aliphatic carbocycles. The second-order valence-electron chi connectivity index (χ2n) is 5.47. The summed E-state index contributed by atoms with van der Waals surface area (Å²) in [5.41, 5.74) is 1.11. The van der Waals surface area contributed by atoms with Crippen LogP contribution in [0.2, 0.25) is 0 Å². The molecule has 0 spiro atoms. The molecule has 126 valence electrons. The van der Waals surface area contributed by atoms with Crippen molar-refractivity contribution in [3.63, 3.8) is 0 Å². The van der Waals surface area contributed by atoms with Crippen LogP contribution in [-0.2, 0) is 11.3 Å². The van der Waals surface area contributed by atoms with E-state index in [1.165, 1.54) is 11.3 Å². The molecule has 1 atom stereocenters. The summed E-state index contributed by atoms with van der Waals surface area (Å²) in [7, 11) is 1.77. The number of nitrogens with one attached hydrogen (secondary N) is 1. The van der Waals surface area contributed by atoms with Gasteiger partial charge in [0.25, 0.3) is 0 Å².